The second kappa shape index (κ2) is 4.82. The van der Waals surface area contributed by atoms with Gasteiger partial charge in [0.15, 0.2) is 0 Å². The smallest absolute Gasteiger partial charge is 0.0654 e. The van der Waals surface area contributed by atoms with E-state index < -0.39 is 0 Å². The second-order valence-corrected chi connectivity index (χ2v) is 5.10. The van der Waals surface area contributed by atoms with E-state index in [9.17, 15) is 5.11 Å². The molecule has 1 aromatic rings. The fourth-order valence-corrected chi connectivity index (χ4v) is 2.82. The molecule has 0 saturated carbocycles. The molecule has 0 bridgehead atoms. The minimum Gasteiger partial charge on any atom is -0.396 e. The Morgan fingerprint density at radius 2 is 2.19 bits per heavy atom. The molecule has 0 radical (unpaired) electrons. The van der Waals surface area contributed by atoms with Crippen molar-refractivity contribution in [1.29, 1.82) is 0 Å². The van der Waals surface area contributed by atoms with E-state index in [0.29, 0.717) is 22.0 Å². The summed E-state index contributed by atoms with van der Waals surface area (Å²) in [5, 5.41) is 10.6. The van der Waals surface area contributed by atoms with Gasteiger partial charge in [0.25, 0.3) is 0 Å². The van der Waals surface area contributed by atoms with Gasteiger partial charge in [-0.05, 0) is 31.5 Å². The molecule has 0 spiro atoms. The highest BCUT2D eigenvalue weighted by Gasteiger charge is 2.31. The van der Waals surface area contributed by atoms with Crippen LogP contribution in [0.15, 0.2) is 18.2 Å². The molecular formula is C12H15Cl2NO. The quantitative estimate of drug-likeness (QED) is 0.882. The molecule has 1 aliphatic rings. The van der Waals surface area contributed by atoms with E-state index in [-0.39, 0.29) is 6.61 Å². The lowest BCUT2D eigenvalue weighted by Crippen LogP contribution is -2.31. The summed E-state index contributed by atoms with van der Waals surface area (Å²) in [6.45, 7) is 3.30. The molecule has 0 amide bonds. The van der Waals surface area contributed by atoms with Crippen LogP contribution in [0.2, 0.25) is 10.0 Å². The largest absolute Gasteiger partial charge is 0.396 e. The number of nitrogens with zero attached hydrogens (tertiary/aromatic N) is 1. The number of aliphatic hydroxyl groups excluding tert-OH is 1. The molecule has 2 atom stereocenters. The first kappa shape index (κ1) is 12.0. The third kappa shape index (κ3) is 2.15. The highest BCUT2D eigenvalue weighted by molar-refractivity contribution is 6.36. The third-order valence-corrected chi connectivity index (χ3v) is 3.91. The summed E-state index contributed by atoms with van der Waals surface area (Å²) in [5.41, 5.74) is 1.01. The molecule has 1 heterocycles. The maximum absolute atomic E-state index is 9.23. The van der Waals surface area contributed by atoms with Crippen LogP contribution >= 0.6 is 23.2 Å². The second-order valence-electron chi connectivity index (χ2n) is 4.26. The van der Waals surface area contributed by atoms with Gasteiger partial charge in [0, 0.05) is 30.1 Å². The van der Waals surface area contributed by atoms with Gasteiger partial charge in [-0.25, -0.2) is 0 Å². The standard InChI is InChI=1S/C12H15Cl2NO/c1-8-9(7-16)4-5-15(8)12-3-2-10(13)6-11(12)14/h2-3,6,8-9,16H,4-5,7H2,1H3. The summed E-state index contributed by atoms with van der Waals surface area (Å²) >= 11 is 12.1. The van der Waals surface area contributed by atoms with E-state index >= 15 is 0 Å². The Morgan fingerprint density at radius 1 is 1.44 bits per heavy atom. The summed E-state index contributed by atoms with van der Waals surface area (Å²) in [7, 11) is 0. The summed E-state index contributed by atoms with van der Waals surface area (Å²) in [5.74, 6) is 0.340. The van der Waals surface area contributed by atoms with Crippen LogP contribution in [0.3, 0.4) is 0 Å². The molecule has 1 aromatic carbocycles. The average Bonchev–Trinajstić information content (AvgIpc) is 2.60. The number of hydrogen-bond acceptors (Lipinski definition) is 2. The van der Waals surface area contributed by atoms with Gasteiger partial charge in [0.1, 0.15) is 0 Å². The molecule has 1 saturated heterocycles. The lowest BCUT2D eigenvalue weighted by atomic mass is 10.0. The molecule has 1 aliphatic heterocycles. The molecule has 2 nitrogen and oxygen atoms in total. The van der Waals surface area contributed by atoms with Crippen molar-refractivity contribution in [1.82, 2.24) is 0 Å². The van der Waals surface area contributed by atoms with E-state index in [0.717, 1.165) is 18.7 Å². The van der Waals surface area contributed by atoms with Gasteiger partial charge in [-0.3, -0.25) is 0 Å². The number of benzene rings is 1. The van der Waals surface area contributed by atoms with Crippen LogP contribution in [-0.4, -0.2) is 24.3 Å². The zero-order valence-corrected chi connectivity index (χ0v) is 10.7. The zero-order valence-electron chi connectivity index (χ0n) is 9.16. The topological polar surface area (TPSA) is 23.5 Å². The molecule has 2 unspecified atom stereocenters. The first-order valence-electron chi connectivity index (χ1n) is 5.46. The summed E-state index contributed by atoms with van der Waals surface area (Å²) in [6, 6.07) is 5.88. The van der Waals surface area contributed by atoms with Crippen LogP contribution < -0.4 is 4.90 Å². The van der Waals surface area contributed by atoms with Crippen LogP contribution in [0.1, 0.15) is 13.3 Å². The van der Waals surface area contributed by atoms with Crippen LogP contribution in [0.4, 0.5) is 5.69 Å². The predicted molar refractivity (Wildman–Crippen MR) is 68.5 cm³/mol. The Hall–Kier alpha value is -0.440. The first-order chi connectivity index (χ1) is 7.63. The molecule has 16 heavy (non-hydrogen) atoms. The van der Waals surface area contributed by atoms with Crippen molar-refractivity contribution < 1.29 is 5.11 Å². The van der Waals surface area contributed by atoms with Crippen molar-refractivity contribution in [3.05, 3.63) is 28.2 Å². The fraction of sp³-hybridized carbons (Fsp3) is 0.500. The van der Waals surface area contributed by atoms with E-state index in [1.165, 1.54) is 0 Å². The predicted octanol–water partition coefficient (Wildman–Crippen LogP) is 3.20. The molecule has 0 aliphatic carbocycles. The lowest BCUT2D eigenvalue weighted by Gasteiger charge is -2.27. The summed E-state index contributed by atoms with van der Waals surface area (Å²) in [4.78, 5) is 2.24. The molecule has 2 rings (SSSR count). The monoisotopic (exact) mass is 259 g/mol. The number of rotatable bonds is 2. The van der Waals surface area contributed by atoms with Crippen LogP contribution in [0.25, 0.3) is 0 Å². The zero-order chi connectivity index (χ0) is 11.7. The fourth-order valence-electron chi connectivity index (χ4n) is 2.30. The number of anilines is 1. The van der Waals surface area contributed by atoms with Crippen molar-refractivity contribution in [2.75, 3.05) is 18.1 Å². The number of halogens is 2. The van der Waals surface area contributed by atoms with Crippen LogP contribution in [0.5, 0.6) is 0 Å². The maximum Gasteiger partial charge on any atom is 0.0654 e. The minimum atomic E-state index is 0.239. The Morgan fingerprint density at radius 3 is 2.75 bits per heavy atom. The third-order valence-electron chi connectivity index (χ3n) is 3.37. The van der Waals surface area contributed by atoms with Gasteiger partial charge in [0.05, 0.1) is 10.7 Å². The van der Waals surface area contributed by atoms with Crippen molar-refractivity contribution in [3.63, 3.8) is 0 Å². The summed E-state index contributed by atoms with van der Waals surface area (Å²) < 4.78 is 0. The molecular weight excluding hydrogens is 245 g/mol. The Kier molecular flexibility index (Phi) is 3.63. The van der Waals surface area contributed by atoms with Crippen molar-refractivity contribution in [2.24, 2.45) is 5.92 Å². The van der Waals surface area contributed by atoms with E-state index in [1.54, 1.807) is 6.07 Å². The molecule has 0 aromatic heterocycles. The summed E-state index contributed by atoms with van der Waals surface area (Å²) in [6.07, 6.45) is 1.01. The Bertz CT molecular complexity index is 383. The van der Waals surface area contributed by atoms with Gasteiger partial charge in [-0.15, -0.1) is 0 Å². The van der Waals surface area contributed by atoms with Crippen molar-refractivity contribution in [2.45, 2.75) is 19.4 Å². The van der Waals surface area contributed by atoms with Gasteiger partial charge in [-0.2, -0.15) is 0 Å². The normalized spacial score (nSPS) is 25.1. The van der Waals surface area contributed by atoms with E-state index in [2.05, 4.69) is 11.8 Å². The molecule has 1 N–H and O–H groups in total. The average molecular weight is 260 g/mol. The SMILES string of the molecule is CC1C(CO)CCN1c1ccc(Cl)cc1Cl. The number of aliphatic hydroxyl groups is 1. The maximum atomic E-state index is 9.23. The first-order valence-corrected chi connectivity index (χ1v) is 6.21. The van der Waals surface area contributed by atoms with Crippen LogP contribution in [0, 0.1) is 5.92 Å². The Balaban J connectivity index is 2.25. The van der Waals surface area contributed by atoms with Crippen molar-refractivity contribution >= 4 is 28.9 Å². The minimum absolute atomic E-state index is 0.239. The van der Waals surface area contributed by atoms with Crippen molar-refractivity contribution in [3.8, 4) is 0 Å². The van der Waals surface area contributed by atoms with Gasteiger partial charge < -0.3 is 10.0 Å². The van der Waals surface area contributed by atoms with Crippen LogP contribution in [-0.2, 0) is 0 Å². The van der Waals surface area contributed by atoms with E-state index in [1.807, 2.05) is 12.1 Å². The number of hydrogen-bond donors (Lipinski definition) is 1. The van der Waals surface area contributed by atoms with Gasteiger partial charge in [0.2, 0.25) is 0 Å². The lowest BCUT2D eigenvalue weighted by molar-refractivity contribution is 0.221. The molecule has 4 heteroatoms. The highest BCUT2D eigenvalue weighted by atomic mass is 35.5. The van der Waals surface area contributed by atoms with Gasteiger partial charge >= 0.3 is 0 Å². The Labute approximate surface area is 106 Å². The molecule has 1 fully saturated rings. The highest BCUT2D eigenvalue weighted by Crippen LogP contribution is 2.35. The van der Waals surface area contributed by atoms with E-state index in [4.69, 9.17) is 23.2 Å². The molecule has 88 valence electrons. The van der Waals surface area contributed by atoms with Gasteiger partial charge in [-0.1, -0.05) is 23.2 Å².